The van der Waals surface area contributed by atoms with Crippen LogP contribution in [0.15, 0.2) is 35.1 Å². The van der Waals surface area contributed by atoms with Gasteiger partial charge in [0.1, 0.15) is 6.10 Å². The summed E-state index contributed by atoms with van der Waals surface area (Å²) in [7, 11) is 0. The van der Waals surface area contributed by atoms with Crippen LogP contribution in [-0.4, -0.2) is 36.0 Å². The lowest BCUT2D eigenvalue weighted by atomic mass is 9.90. The van der Waals surface area contributed by atoms with Crippen molar-refractivity contribution in [3.05, 3.63) is 35.1 Å². The summed E-state index contributed by atoms with van der Waals surface area (Å²) in [6.07, 6.45) is 10.7. The van der Waals surface area contributed by atoms with Crippen LogP contribution < -0.4 is 5.73 Å². The Bertz CT molecular complexity index is 574. The molecule has 0 radical (unpaired) electrons. The highest BCUT2D eigenvalue weighted by atomic mass is 16.6. The smallest absolute Gasteiger partial charge is 0.414 e. The Hall–Kier alpha value is -1.88. The predicted molar refractivity (Wildman–Crippen MR) is 83.0 cm³/mol. The molecular weight excluding hydrogens is 280 g/mol. The first kappa shape index (κ1) is 15.0. The number of Topliss-reactive ketones (excluding diaryl/α,β-unsaturated/α-hetero) is 1. The minimum Gasteiger partial charge on any atom is -0.443 e. The van der Waals surface area contributed by atoms with E-state index in [9.17, 15) is 9.59 Å². The van der Waals surface area contributed by atoms with Gasteiger partial charge < -0.3 is 10.5 Å². The highest BCUT2D eigenvalue weighted by Crippen LogP contribution is 2.30. The molecule has 2 aliphatic carbocycles. The fourth-order valence-electron chi connectivity index (χ4n) is 3.19. The van der Waals surface area contributed by atoms with Crippen molar-refractivity contribution in [2.45, 2.75) is 44.6 Å². The second-order valence-corrected chi connectivity index (χ2v) is 6.01. The standard InChI is InChI=1S/C17H22N2O3/c18-10-14-11-19(17(21)22-14)13-7-6-12-4-2-1-3-5-16(20)15(12)9-8-13/h6,8-9,14H,1-5,7,10-11,18H2. The Labute approximate surface area is 130 Å². The molecule has 22 heavy (non-hydrogen) atoms. The number of hydrogen-bond acceptors (Lipinski definition) is 4. The second-order valence-electron chi connectivity index (χ2n) is 6.01. The van der Waals surface area contributed by atoms with Crippen molar-refractivity contribution in [1.29, 1.82) is 0 Å². The molecule has 0 aromatic heterocycles. The van der Waals surface area contributed by atoms with Crippen LogP contribution in [0.25, 0.3) is 0 Å². The molecule has 118 valence electrons. The highest BCUT2D eigenvalue weighted by molar-refractivity contribution is 6.00. The first-order valence-corrected chi connectivity index (χ1v) is 8.00. The van der Waals surface area contributed by atoms with Gasteiger partial charge in [0.25, 0.3) is 0 Å². The minimum absolute atomic E-state index is 0.215. The molecule has 0 bridgehead atoms. The zero-order valence-electron chi connectivity index (χ0n) is 12.7. The Balaban J connectivity index is 1.84. The Morgan fingerprint density at radius 3 is 2.77 bits per heavy atom. The largest absolute Gasteiger partial charge is 0.443 e. The van der Waals surface area contributed by atoms with E-state index in [4.69, 9.17) is 10.5 Å². The zero-order valence-corrected chi connectivity index (χ0v) is 12.7. The van der Waals surface area contributed by atoms with Gasteiger partial charge in [0.15, 0.2) is 5.78 Å². The monoisotopic (exact) mass is 302 g/mol. The molecule has 0 spiro atoms. The van der Waals surface area contributed by atoms with Crippen LogP contribution in [0.3, 0.4) is 0 Å². The Kier molecular flexibility index (Phi) is 4.43. The van der Waals surface area contributed by atoms with Crippen molar-refractivity contribution in [2.75, 3.05) is 13.1 Å². The van der Waals surface area contributed by atoms with Crippen LogP contribution in [0, 0.1) is 0 Å². The maximum absolute atomic E-state index is 12.3. The summed E-state index contributed by atoms with van der Waals surface area (Å²) in [5.41, 5.74) is 8.39. The minimum atomic E-state index is -0.343. The average molecular weight is 302 g/mol. The van der Waals surface area contributed by atoms with Crippen LogP contribution in [0.5, 0.6) is 0 Å². The summed E-state index contributed by atoms with van der Waals surface area (Å²) in [6, 6.07) is 0. The molecule has 1 saturated heterocycles. The number of nitrogens with two attached hydrogens (primary N) is 1. The average Bonchev–Trinajstić information content (AvgIpc) is 2.75. The first-order chi connectivity index (χ1) is 10.7. The number of ketones is 1. The van der Waals surface area contributed by atoms with Gasteiger partial charge in [-0.3, -0.25) is 9.69 Å². The van der Waals surface area contributed by atoms with E-state index < -0.39 is 0 Å². The third-order valence-corrected chi connectivity index (χ3v) is 4.48. The highest BCUT2D eigenvalue weighted by Gasteiger charge is 2.32. The van der Waals surface area contributed by atoms with Gasteiger partial charge in [-0.25, -0.2) is 4.79 Å². The maximum Gasteiger partial charge on any atom is 0.414 e. The number of hydrogen-bond donors (Lipinski definition) is 1. The molecule has 1 unspecified atom stereocenters. The van der Waals surface area contributed by atoms with Gasteiger partial charge in [-0.2, -0.15) is 0 Å². The summed E-state index contributed by atoms with van der Waals surface area (Å²) in [4.78, 5) is 25.9. The topological polar surface area (TPSA) is 72.6 Å². The third-order valence-electron chi connectivity index (χ3n) is 4.48. The maximum atomic E-state index is 12.3. The number of ether oxygens (including phenoxy) is 1. The van der Waals surface area contributed by atoms with Crippen LogP contribution in [-0.2, 0) is 9.53 Å². The predicted octanol–water partition coefficient (Wildman–Crippen LogP) is 2.44. The molecule has 5 nitrogen and oxygen atoms in total. The number of carbonyl (C=O) groups excluding carboxylic acids is 2. The van der Waals surface area contributed by atoms with Crippen molar-refractivity contribution in [3.63, 3.8) is 0 Å². The molecule has 0 aromatic carbocycles. The molecular formula is C17H22N2O3. The van der Waals surface area contributed by atoms with Gasteiger partial charge in [-0.15, -0.1) is 0 Å². The quantitative estimate of drug-likeness (QED) is 0.850. The van der Waals surface area contributed by atoms with Gasteiger partial charge in [0.05, 0.1) is 6.54 Å². The lowest BCUT2D eigenvalue weighted by Crippen LogP contribution is -2.27. The fourth-order valence-corrected chi connectivity index (χ4v) is 3.19. The lowest BCUT2D eigenvalue weighted by Gasteiger charge is -2.15. The van der Waals surface area contributed by atoms with Gasteiger partial charge in [-0.1, -0.05) is 12.5 Å². The molecule has 1 heterocycles. The number of amides is 1. The summed E-state index contributed by atoms with van der Waals surface area (Å²) < 4.78 is 5.21. The first-order valence-electron chi connectivity index (χ1n) is 8.00. The second kappa shape index (κ2) is 6.48. The summed E-state index contributed by atoms with van der Waals surface area (Å²) >= 11 is 0. The molecule has 5 heteroatoms. The van der Waals surface area contributed by atoms with Crippen molar-refractivity contribution in [2.24, 2.45) is 5.73 Å². The normalized spacial score (nSPS) is 26.1. The number of cyclic esters (lactones) is 1. The fraction of sp³-hybridized carbons (Fsp3) is 0.529. The number of nitrogens with zero attached hydrogens (tertiary/aromatic N) is 1. The molecule has 2 N–H and O–H groups in total. The van der Waals surface area contributed by atoms with Gasteiger partial charge >= 0.3 is 6.09 Å². The van der Waals surface area contributed by atoms with Crippen molar-refractivity contribution >= 4 is 11.9 Å². The third kappa shape index (κ3) is 2.99. The Morgan fingerprint density at radius 1 is 1.18 bits per heavy atom. The van der Waals surface area contributed by atoms with Crippen LogP contribution in [0.2, 0.25) is 0 Å². The summed E-state index contributed by atoms with van der Waals surface area (Å²) in [5.74, 6) is 0.215. The van der Waals surface area contributed by atoms with Gasteiger partial charge in [-0.05, 0) is 37.0 Å². The molecule has 1 aliphatic heterocycles. The number of rotatable bonds is 2. The van der Waals surface area contributed by atoms with E-state index in [0.717, 1.165) is 42.5 Å². The van der Waals surface area contributed by atoms with E-state index in [1.807, 2.05) is 12.2 Å². The molecule has 1 atom stereocenters. The summed E-state index contributed by atoms with van der Waals surface area (Å²) in [5, 5.41) is 0. The van der Waals surface area contributed by atoms with Crippen molar-refractivity contribution in [3.8, 4) is 0 Å². The van der Waals surface area contributed by atoms with Crippen molar-refractivity contribution in [1.82, 2.24) is 4.90 Å². The summed E-state index contributed by atoms with van der Waals surface area (Å²) in [6.45, 7) is 0.817. The van der Waals surface area contributed by atoms with Crippen LogP contribution in [0.4, 0.5) is 4.79 Å². The number of carbonyl (C=O) groups is 2. The van der Waals surface area contributed by atoms with E-state index in [1.165, 1.54) is 0 Å². The van der Waals surface area contributed by atoms with Crippen LogP contribution in [0.1, 0.15) is 38.5 Å². The van der Waals surface area contributed by atoms with Gasteiger partial charge in [0.2, 0.25) is 0 Å². The van der Waals surface area contributed by atoms with E-state index in [0.29, 0.717) is 25.9 Å². The zero-order chi connectivity index (χ0) is 15.5. The van der Waals surface area contributed by atoms with E-state index in [1.54, 1.807) is 4.90 Å². The number of allylic oxidation sites excluding steroid dienone is 5. The molecule has 1 amide bonds. The Morgan fingerprint density at radius 2 is 2.00 bits per heavy atom. The molecule has 3 aliphatic rings. The van der Waals surface area contributed by atoms with Crippen LogP contribution >= 0.6 is 0 Å². The molecule has 1 saturated carbocycles. The SMILES string of the molecule is NCC1CN(C2=CC=C3C(=O)CCCCCC3=CC2)C(=O)O1. The van der Waals surface area contributed by atoms with Gasteiger partial charge in [0, 0.05) is 30.7 Å². The van der Waals surface area contributed by atoms with E-state index >= 15 is 0 Å². The molecule has 3 rings (SSSR count). The van der Waals surface area contributed by atoms with E-state index in [-0.39, 0.29) is 18.0 Å². The van der Waals surface area contributed by atoms with E-state index in [2.05, 4.69) is 6.08 Å². The van der Waals surface area contributed by atoms with Crippen molar-refractivity contribution < 1.29 is 14.3 Å². The number of fused-ring (bicyclic) bond motifs is 1. The molecule has 0 aromatic rings. The lowest BCUT2D eigenvalue weighted by molar-refractivity contribution is -0.115. The molecule has 2 fully saturated rings.